The number of aromatic nitrogens is 1. The van der Waals surface area contributed by atoms with Crippen molar-refractivity contribution in [3.63, 3.8) is 0 Å². The molecule has 132 valence electrons. The Kier molecular flexibility index (Phi) is 4.48. The van der Waals surface area contributed by atoms with E-state index in [9.17, 15) is 4.79 Å². The Morgan fingerprint density at radius 1 is 1.15 bits per heavy atom. The lowest BCUT2D eigenvalue weighted by molar-refractivity contribution is -0.132. The molecular weight excluding hydrogens is 324 g/mol. The number of aryl methyl sites for hydroxylation is 1. The maximum atomic E-state index is 12.5. The first-order chi connectivity index (χ1) is 12.7. The predicted molar refractivity (Wildman–Crippen MR) is 104 cm³/mol. The van der Waals surface area contributed by atoms with Gasteiger partial charge in [0.15, 0.2) is 6.61 Å². The van der Waals surface area contributed by atoms with Crippen molar-refractivity contribution in [1.82, 2.24) is 9.88 Å². The van der Waals surface area contributed by atoms with E-state index in [2.05, 4.69) is 35.5 Å². The molecule has 1 aliphatic heterocycles. The van der Waals surface area contributed by atoms with Gasteiger partial charge < -0.3 is 14.6 Å². The zero-order valence-electron chi connectivity index (χ0n) is 14.9. The molecular formula is C22H22N2O2. The number of amides is 1. The fourth-order valence-electron chi connectivity index (χ4n) is 3.43. The lowest BCUT2D eigenvalue weighted by Crippen LogP contribution is -2.37. The summed E-state index contributed by atoms with van der Waals surface area (Å²) in [6.07, 6.45) is 5.08. The van der Waals surface area contributed by atoms with E-state index in [-0.39, 0.29) is 12.5 Å². The molecule has 2 aromatic carbocycles. The number of ether oxygens (including phenoxy) is 1. The first-order valence-electron chi connectivity index (χ1n) is 8.94. The number of para-hydroxylation sites is 2. The Hall–Kier alpha value is -3.01. The monoisotopic (exact) mass is 346 g/mol. The van der Waals surface area contributed by atoms with Crippen LogP contribution in [0.25, 0.3) is 16.5 Å². The van der Waals surface area contributed by atoms with Crippen molar-refractivity contribution in [2.45, 2.75) is 13.3 Å². The minimum Gasteiger partial charge on any atom is -0.484 e. The van der Waals surface area contributed by atoms with E-state index in [1.165, 1.54) is 16.5 Å². The molecule has 4 rings (SSSR count). The van der Waals surface area contributed by atoms with Crippen LogP contribution < -0.4 is 4.74 Å². The highest BCUT2D eigenvalue weighted by Gasteiger charge is 2.19. The van der Waals surface area contributed by atoms with Crippen LogP contribution in [0, 0.1) is 6.92 Å². The van der Waals surface area contributed by atoms with Gasteiger partial charge in [-0.1, -0.05) is 42.5 Å². The van der Waals surface area contributed by atoms with Crippen molar-refractivity contribution in [2.24, 2.45) is 0 Å². The lowest BCUT2D eigenvalue weighted by atomic mass is 9.99. The molecule has 0 aliphatic carbocycles. The van der Waals surface area contributed by atoms with Gasteiger partial charge in [0, 0.05) is 35.8 Å². The van der Waals surface area contributed by atoms with E-state index in [0.717, 1.165) is 29.8 Å². The molecule has 0 saturated carbocycles. The smallest absolute Gasteiger partial charge is 0.260 e. The van der Waals surface area contributed by atoms with Crippen LogP contribution in [0.1, 0.15) is 17.5 Å². The average molecular weight is 346 g/mol. The van der Waals surface area contributed by atoms with Gasteiger partial charge in [0.1, 0.15) is 5.75 Å². The number of fused-ring (bicyclic) bond motifs is 1. The molecule has 1 aliphatic rings. The maximum Gasteiger partial charge on any atom is 0.260 e. The fraction of sp³-hybridized carbons (Fsp3) is 0.227. The van der Waals surface area contributed by atoms with Gasteiger partial charge in [-0.2, -0.15) is 0 Å². The summed E-state index contributed by atoms with van der Waals surface area (Å²) >= 11 is 0. The molecule has 4 heteroatoms. The molecule has 3 aromatic rings. The van der Waals surface area contributed by atoms with Gasteiger partial charge in [0.25, 0.3) is 5.91 Å². The number of H-pyrrole nitrogens is 1. The van der Waals surface area contributed by atoms with Crippen molar-refractivity contribution in [1.29, 1.82) is 0 Å². The molecule has 1 N–H and O–H groups in total. The van der Waals surface area contributed by atoms with Crippen LogP contribution in [0.3, 0.4) is 0 Å². The topological polar surface area (TPSA) is 45.3 Å². The standard InChI is InChI=1S/C22H22N2O2/c1-16-6-2-5-9-21(16)26-15-22(25)24-12-10-17(11-13-24)19-14-23-20-8-4-3-7-18(19)20/h2-10,14,23H,11-13,15H2,1H3. The Labute approximate surface area is 153 Å². The van der Waals surface area contributed by atoms with Crippen LogP contribution in [0.15, 0.2) is 60.8 Å². The second-order valence-corrected chi connectivity index (χ2v) is 6.62. The number of rotatable bonds is 4. The number of benzene rings is 2. The third-order valence-corrected chi connectivity index (χ3v) is 4.94. The Bertz CT molecular complexity index is 971. The van der Waals surface area contributed by atoms with Crippen molar-refractivity contribution >= 4 is 22.4 Å². The van der Waals surface area contributed by atoms with Crippen molar-refractivity contribution in [2.75, 3.05) is 19.7 Å². The number of aromatic amines is 1. The van der Waals surface area contributed by atoms with Gasteiger partial charge in [-0.3, -0.25) is 4.79 Å². The first-order valence-corrected chi connectivity index (χ1v) is 8.94. The first kappa shape index (κ1) is 16.5. The van der Waals surface area contributed by atoms with Crippen LogP contribution in [-0.4, -0.2) is 35.5 Å². The number of carbonyl (C=O) groups is 1. The molecule has 1 aromatic heterocycles. The van der Waals surface area contributed by atoms with Gasteiger partial charge in [0.05, 0.1) is 0 Å². The van der Waals surface area contributed by atoms with E-state index >= 15 is 0 Å². The van der Waals surface area contributed by atoms with Crippen molar-refractivity contribution in [3.05, 3.63) is 71.9 Å². The second kappa shape index (κ2) is 7.08. The van der Waals surface area contributed by atoms with Crippen LogP contribution in [0.4, 0.5) is 0 Å². The van der Waals surface area contributed by atoms with E-state index in [1.54, 1.807) is 0 Å². The average Bonchev–Trinajstić information content (AvgIpc) is 3.11. The zero-order valence-corrected chi connectivity index (χ0v) is 14.9. The van der Waals surface area contributed by atoms with Gasteiger partial charge >= 0.3 is 0 Å². The van der Waals surface area contributed by atoms with Crippen LogP contribution in [0.5, 0.6) is 5.75 Å². The highest BCUT2D eigenvalue weighted by molar-refractivity contribution is 5.93. The minimum atomic E-state index is 0.0301. The molecule has 0 bridgehead atoms. The second-order valence-electron chi connectivity index (χ2n) is 6.62. The molecule has 0 atom stereocenters. The predicted octanol–water partition coefficient (Wildman–Crippen LogP) is 4.17. The third kappa shape index (κ3) is 3.23. The molecule has 0 saturated heterocycles. The van der Waals surface area contributed by atoms with E-state index in [0.29, 0.717) is 6.54 Å². The Balaban J connectivity index is 1.41. The van der Waals surface area contributed by atoms with Crippen LogP contribution in [-0.2, 0) is 4.79 Å². The number of hydrogen-bond donors (Lipinski definition) is 1. The quantitative estimate of drug-likeness (QED) is 0.770. The SMILES string of the molecule is Cc1ccccc1OCC(=O)N1CC=C(c2c[nH]c3ccccc23)CC1. The molecule has 0 radical (unpaired) electrons. The lowest BCUT2D eigenvalue weighted by Gasteiger charge is -2.26. The Morgan fingerprint density at radius 3 is 2.77 bits per heavy atom. The summed E-state index contributed by atoms with van der Waals surface area (Å²) in [5.41, 5.74) is 4.73. The van der Waals surface area contributed by atoms with Crippen LogP contribution in [0.2, 0.25) is 0 Å². The molecule has 0 spiro atoms. The summed E-state index contributed by atoms with van der Waals surface area (Å²) in [6, 6.07) is 16.1. The van der Waals surface area contributed by atoms with Crippen molar-refractivity contribution < 1.29 is 9.53 Å². The normalized spacial score (nSPS) is 14.3. The van der Waals surface area contributed by atoms with Gasteiger partial charge in [0.2, 0.25) is 0 Å². The fourth-order valence-corrected chi connectivity index (χ4v) is 3.43. The van der Waals surface area contributed by atoms with Gasteiger partial charge in [-0.25, -0.2) is 0 Å². The van der Waals surface area contributed by atoms with E-state index in [4.69, 9.17) is 4.74 Å². The zero-order chi connectivity index (χ0) is 17.9. The van der Waals surface area contributed by atoms with Crippen LogP contribution >= 0.6 is 0 Å². The number of nitrogens with zero attached hydrogens (tertiary/aromatic N) is 1. The van der Waals surface area contributed by atoms with Crippen molar-refractivity contribution in [3.8, 4) is 5.75 Å². The molecule has 4 nitrogen and oxygen atoms in total. The number of carbonyl (C=O) groups excluding carboxylic acids is 1. The van der Waals surface area contributed by atoms with Gasteiger partial charge in [-0.05, 0) is 36.6 Å². The summed E-state index contributed by atoms with van der Waals surface area (Å²) in [7, 11) is 0. The molecule has 2 heterocycles. The maximum absolute atomic E-state index is 12.5. The molecule has 26 heavy (non-hydrogen) atoms. The minimum absolute atomic E-state index is 0.0301. The highest BCUT2D eigenvalue weighted by Crippen LogP contribution is 2.29. The summed E-state index contributed by atoms with van der Waals surface area (Å²) in [5, 5.41) is 1.24. The molecule has 0 unspecified atom stereocenters. The highest BCUT2D eigenvalue weighted by atomic mass is 16.5. The molecule has 1 amide bonds. The largest absolute Gasteiger partial charge is 0.484 e. The van der Waals surface area contributed by atoms with E-state index < -0.39 is 0 Å². The summed E-state index contributed by atoms with van der Waals surface area (Å²) < 4.78 is 5.69. The third-order valence-electron chi connectivity index (χ3n) is 4.94. The summed E-state index contributed by atoms with van der Waals surface area (Å²) in [5.74, 6) is 0.801. The number of hydrogen-bond acceptors (Lipinski definition) is 2. The van der Waals surface area contributed by atoms with E-state index in [1.807, 2.05) is 42.2 Å². The van der Waals surface area contributed by atoms with Gasteiger partial charge in [-0.15, -0.1) is 0 Å². The summed E-state index contributed by atoms with van der Waals surface area (Å²) in [6.45, 7) is 3.42. The molecule has 0 fully saturated rings. The summed E-state index contributed by atoms with van der Waals surface area (Å²) in [4.78, 5) is 17.6. The Morgan fingerprint density at radius 2 is 1.96 bits per heavy atom. The number of nitrogens with one attached hydrogen (secondary N) is 1.